The smallest absolute Gasteiger partial charge is 0.319 e. The van der Waals surface area contributed by atoms with Crippen LogP contribution >= 0.6 is 0 Å². The van der Waals surface area contributed by atoms with Crippen molar-refractivity contribution in [3.8, 4) is 0 Å². The van der Waals surface area contributed by atoms with Crippen LogP contribution in [0.5, 0.6) is 0 Å². The first-order valence-electron chi connectivity index (χ1n) is 8.06. The molecule has 3 amide bonds. The lowest BCUT2D eigenvalue weighted by Crippen LogP contribution is -2.39. The van der Waals surface area contributed by atoms with Crippen LogP contribution in [0.25, 0.3) is 0 Å². The first-order valence-corrected chi connectivity index (χ1v) is 8.06. The summed E-state index contributed by atoms with van der Waals surface area (Å²) in [5.41, 5.74) is 2.87. The van der Waals surface area contributed by atoms with Gasteiger partial charge in [-0.1, -0.05) is 48.5 Å². The molecule has 0 radical (unpaired) electrons. The molecule has 1 heterocycles. The Balaban J connectivity index is 1.54. The van der Waals surface area contributed by atoms with Crippen molar-refractivity contribution in [1.29, 1.82) is 0 Å². The lowest BCUT2D eigenvalue weighted by atomic mass is 10.2. The number of urea groups is 1. The second-order valence-corrected chi connectivity index (χ2v) is 6.07. The van der Waals surface area contributed by atoms with Crippen LogP contribution < -0.4 is 10.6 Å². The van der Waals surface area contributed by atoms with E-state index in [1.165, 1.54) is 0 Å². The summed E-state index contributed by atoms with van der Waals surface area (Å²) >= 11 is 0. The molecule has 2 N–H and O–H groups in total. The van der Waals surface area contributed by atoms with Gasteiger partial charge in [-0.05, 0) is 24.1 Å². The molecule has 3 rings (SSSR count). The first-order chi connectivity index (χ1) is 11.6. The average Bonchev–Trinajstić information content (AvgIpc) is 2.90. The molecule has 0 aliphatic carbocycles. The average molecular weight is 323 g/mol. The number of nitrogens with one attached hydrogen (secondary N) is 2. The Kier molecular flexibility index (Phi) is 4.79. The van der Waals surface area contributed by atoms with Crippen molar-refractivity contribution in [2.45, 2.75) is 25.9 Å². The van der Waals surface area contributed by atoms with Crippen molar-refractivity contribution in [3.63, 3.8) is 0 Å². The largest absolute Gasteiger partial charge is 0.336 e. The number of rotatable bonds is 4. The highest BCUT2D eigenvalue weighted by molar-refractivity contribution is 5.91. The van der Waals surface area contributed by atoms with E-state index in [0.29, 0.717) is 19.5 Å². The zero-order valence-electron chi connectivity index (χ0n) is 13.7. The summed E-state index contributed by atoms with van der Waals surface area (Å²) < 4.78 is 0. The number of nitrogens with zero attached hydrogens (tertiary/aromatic N) is 1. The quantitative estimate of drug-likeness (QED) is 0.909. The summed E-state index contributed by atoms with van der Waals surface area (Å²) in [6.45, 7) is 3.06. The predicted molar refractivity (Wildman–Crippen MR) is 93.6 cm³/mol. The van der Waals surface area contributed by atoms with E-state index in [2.05, 4.69) is 10.6 Å². The Morgan fingerprint density at radius 1 is 1.12 bits per heavy atom. The summed E-state index contributed by atoms with van der Waals surface area (Å²) in [4.78, 5) is 26.1. The zero-order valence-corrected chi connectivity index (χ0v) is 13.7. The molecule has 1 atom stereocenters. The summed E-state index contributed by atoms with van der Waals surface area (Å²) in [5.74, 6) is 0.0695. The minimum Gasteiger partial charge on any atom is -0.336 e. The number of hydrogen-bond donors (Lipinski definition) is 2. The minimum atomic E-state index is -0.274. The van der Waals surface area contributed by atoms with Crippen LogP contribution in [-0.2, 0) is 11.3 Å². The van der Waals surface area contributed by atoms with Gasteiger partial charge in [0.2, 0.25) is 5.91 Å². The summed E-state index contributed by atoms with van der Waals surface area (Å²) in [6.07, 6.45) is 0.341. The standard InChI is InChI=1S/C19H21N3O2/c1-14-7-5-6-10-17(14)21-19(24)20-16-11-18(23)22(13-16)12-15-8-3-2-4-9-15/h2-10,16H,11-13H2,1H3,(H2,20,21,24). The maximum Gasteiger partial charge on any atom is 0.319 e. The van der Waals surface area contributed by atoms with Crippen LogP contribution in [0.15, 0.2) is 54.6 Å². The SMILES string of the molecule is Cc1ccccc1NC(=O)NC1CC(=O)N(Cc2ccccc2)C1. The molecule has 5 nitrogen and oxygen atoms in total. The van der Waals surface area contributed by atoms with Gasteiger partial charge in [-0.15, -0.1) is 0 Å². The molecule has 0 bridgehead atoms. The van der Waals surface area contributed by atoms with E-state index in [0.717, 1.165) is 16.8 Å². The normalized spacial score (nSPS) is 17.0. The Hall–Kier alpha value is -2.82. The maximum atomic E-state index is 12.1. The summed E-state index contributed by atoms with van der Waals surface area (Å²) in [6, 6.07) is 17.0. The Labute approximate surface area is 141 Å². The maximum absolute atomic E-state index is 12.1. The van der Waals surface area contributed by atoms with E-state index in [-0.39, 0.29) is 18.0 Å². The molecule has 2 aromatic carbocycles. The molecule has 0 spiro atoms. The van der Waals surface area contributed by atoms with E-state index < -0.39 is 0 Å². The predicted octanol–water partition coefficient (Wildman–Crippen LogP) is 2.92. The van der Waals surface area contributed by atoms with Gasteiger partial charge in [0.25, 0.3) is 0 Å². The third-order valence-corrected chi connectivity index (χ3v) is 4.16. The van der Waals surface area contributed by atoms with Crippen LogP contribution in [0.1, 0.15) is 17.5 Å². The topological polar surface area (TPSA) is 61.4 Å². The Morgan fingerprint density at radius 2 is 1.83 bits per heavy atom. The van der Waals surface area contributed by atoms with Crippen molar-refractivity contribution in [3.05, 3.63) is 65.7 Å². The fourth-order valence-corrected chi connectivity index (χ4v) is 2.88. The molecule has 24 heavy (non-hydrogen) atoms. The van der Waals surface area contributed by atoms with Gasteiger partial charge in [0.05, 0.1) is 6.04 Å². The molecule has 1 saturated heterocycles. The fraction of sp³-hybridized carbons (Fsp3) is 0.263. The number of carbonyl (C=O) groups excluding carboxylic acids is 2. The van der Waals surface area contributed by atoms with Gasteiger partial charge < -0.3 is 15.5 Å². The van der Waals surface area contributed by atoms with E-state index in [1.807, 2.05) is 61.5 Å². The second-order valence-electron chi connectivity index (χ2n) is 6.07. The Morgan fingerprint density at radius 3 is 2.58 bits per heavy atom. The molecular weight excluding hydrogens is 302 g/mol. The lowest BCUT2D eigenvalue weighted by molar-refractivity contribution is -0.128. The number of benzene rings is 2. The third-order valence-electron chi connectivity index (χ3n) is 4.16. The lowest BCUT2D eigenvalue weighted by Gasteiger charge is -2.17. The zero-order chi connectivity index (χ0) is 16.9. The van der Waals surface area contributed by atoms with E-state index >= 15 is 0 Å². The number of aryl methyl sites for hydroxylation is 1. The monoisotopic (exact) mass is 323 g/mol. The fourth-order valence-electron chi connectivity index (χ4n) is 2.88. The molecular formula is C19H21N3O2. The number of para-hydroxylation sites is 1. The van der Waals surface area contributed by atoms with Gasteiger partial charge in [-0.2, -0.15) is 0 Å². The van der Waals surface area contributed by atoms with Crippen molar-refractivity contribution < 1.29 is 9.59 Å². The number of hydrogen-bond acceptors (Lipinski definition) is 2. The molecule has 1 aliphatic rings. The molecule has 1 aliphatic heterocycles. The highest BCUT2D eigenvalue weighted by Crippen LogP contribution is 2.16. The van der Waals surface area contributed by atoms with Crippen LogP contribution in [-0.4, -0.2) is 29.4 Å². The number of anilines is 1. The van der Waals surface area contributed by atoms with E-state index in [9.17, 15) is 9.59 Å². The molecule has 1 unspecified atom stereocenters. The number of amides is 3. The molecule has 1 fully saturated rings. The molecule has 2 aromatic rings. The van der Waals surface area contributed by atoms with Gasteiger partial charge in [-0.25, -0.2) is 4.79 Å². The van der Waals surface area contributed by atoms with Gasteiger partial charge in [0.1, 0.15) is 0 Å². The number of carbonyl (C=O) groups is 2. The van der Waals surface area contributed by atoms with Crippen LogP contribution in [0, 0.1) is 6.92 Å². The highest BCUT2D eigenvalue weighted by atomic mass is 16.2. The minimum absolute atomic E-state index is 0.0695. The van der Waals surface area contributed by atoms with Crippen LogP contribution in [0.2, 0.25) is 0 Å². The second kappa shape index (κ2) is 7.17. The van der Waals surface area contributed by atoms with Gasteiger partial charge in [-0.3, -0.25) is 4.79 Å². The third kappa shape index (κ3) is 3.93. The van der Waals surface area contributed by atoms with Gasteiger partial charge >= 0.3 is 6.03 Å². The van der Waals surface area contributed by atoms with Crippen molar-refractivity contribution in [2.75, 3.05) is 11.9 Å². The van der Waals surface area contributed by atoms with E-state index in [1.54, 1.807) is 4.90 Å². The van der Waals surface area contributed by atoms with Crippen molar-refractivity contribution >= 4 is 17.6 Å². The van der Waals surface area contributed by atoms with Gasteiger partial charge in [0, 0.05) is 25.2 Å². The summed E-state index contributed by atoms with van der Waals surface area (Å²) in [7, 11) is 0. The molecule has 0 saturated carbocycles. The Bertz CT molecular complexity index is 730. The molecule has 124 valence electrons. The van der Waals surface area contributed by atoms with Crippen LogP contribution in [0.3, 0.4) is 0 Å². The van der Waals surface area contributed by atoms with Crippen molar-refractivity contribution in [1.82, 2.24) is 10.2 Å². The van der Waals surface area contributed by atoms with E-state index in [4.69, 9.17) is 0 Å². The highest BCUT2D eigenvalue weighted by Gasteiger charge is 2.30. The first kappa shape index (κ1) is 16.1. The van der Waals surface area contributed by atoms with Gasteiger partial charge in [0.15, 0.2) is 0 Å². The molecule has 5 heteroatoms. The molecule has 0 aromatic heterocycles. The number of likely N-dealkylation sites (tertiary alicyclic amines) is 1. The summed E-state index contributed by atoms with van der Waals surface area (Å²) in [5, 5.41) is 5.72. The van der Waals surface area contributed by atoms with Crippen molar-refractivity contribution in [2.24, 2.45) is 0 Å². The van der Waals surface area contributed by atoms with Crippen LogP contribution in [0.4, 0.5) is 10.5 Å².